The van der Waals surface area contributed by atoms with Crippen LogP contribution in [0.1, 0.15) is 18.4 Å². The van der Waals surface area contributed by atoms with Gasteiger partial charge in [0.25, 0.3) is 5.69 Å². The van der Waals surface area contributed by atoms with Gasteiger partial charge in [0.2, 0.25) is 0 Å². The van der Waals surface area contributed by atoms with Crippen LogP contribution in [0.4, 0.5) is 16.2 Å². The summed E-state index contributed by atoms with van der Waals surface area (Å²) in [5.41, 5.74) is 1.62. The summed E-state index contributed by atoms with van der Waals surface area (Å²) in [7, 11) is 0. The van der Waals surface area contributed by atoms with Gasteiger partial charge in [0, 0.05) is 30.4 Å². The van der Waals surface area contributed by atoms with Gasteiger partial charge in [-0.15, -0.1) is 0 Å². The van der Waals surface area contributed by atoms with E-state index in [1.54, 1.807) is 12.1 Å². The minimum Gasteiger partial charge on any atom is -0.321 e. The molecule has 0 spiro atoms. The third-order valence-electron chi connectivity index (χ3n) is 4.26. The maximum atomic E-state index is 12.5. The summed E-state index contributed by atoms with van der Waals surface area (Å²) < 4.78 is 0. The fourth-order valence-electron chi connectivity index (χ4n) is 3.09. The van der Waals surface area contributed by atoms with Crippen LogP contribution in [0.2, 0.25) is 0 Å². The van der Waals surface area contributed by atoms with Gasteiger partial charge in [0.1, 0.15) is 0 Å². The number of rotatable bonds is 4. The van der Waals surface area contributed by atoms with E-state index in [1.807, 2.05) is 23.1 Å². The van der Waals surface area contributed by atoms with E-state index < -0.39 is 4.92 Å². The predicted octanol–water partition coefficient (Wildman–Crippen LogP) is 3.83. The second-order valence-corrected chi connectivity index (χ2v) is 5.92. The lowest BCUT2D eigenvalue weighted by atomic mass is 10.0. The monoisotopic (exact) mass is 325 g/mol. The summed E-state index contributed by atoms with van der Waals surface area (Å²) in [6, 6.07) is 16.1. The van der Waals surface area contributed by atoms with Crippen molar-refractivity contribution < 1.29 is 9.72 Å². The minimum absolute atomic E-state index is 0.0324. The molecule has 2 aromatic rings. The molecule has 6 heteroatoms. The summed E-state index contributed by atoms with van der Waals surface area (Å²) in [6.07, 6.45) is 2.76. The van der Waals surface area contributed by atoms with Gasteiger partial charge in [0.05, 0.1) is 4.92 Å². The Morgan fingerprint density at radius 1 is 1.21 bits per heavy atom. The number of urea groups is 1. The summed E-state index contributed by atoms with van der Waals surface area (Å²) in [6.45, 7) is 0.707. The number of nitrogens with one attached hydrogen (secondary N) is 1. The van der Waals surface area contributed by atoms with Crippen molar-refractivity contribution in [3.63, 3.8) is 0 Å². The van der Waals surface area contributed by atoms with Crippen LogP contribution in [0.25, 0.3) is 0 Å². The van der Waals surface area contributed by atoms with Gasteiger partial charge in [0.15, 0.2) is 0 Å². The fraction of sp³-hybridized carbons (Fsp3) is 0.278. The molecule has 1 heterocycles. The lowest BCUT2D eigenvalue weighted by Crippen LogP contribution is -2.39. The fourth-order valence-corrected chi connectivity index (χ4v) is 3.09. The van der Waals surface area contributed by atoms with E-state index in [2.05, 4.69) is 17.4 Å². The molecule has 1 aliphatic rings. The van der Waals surface area contributed by atoms with E-state index >= 15 is 0 Å². The Bertz CT molecular complexity index is 733. The normalized spacial score (nSPS) is 16.8. The van der Waals surface area contributed by atoms with E-state index in [-0.39, 0.29) is 17.8 Å². The van der Waals surface area contributed by atoms with Crippen LogP contribution >= 0.6 is 0 Å². The number of hydrogen-bond donors (Lipinski definition) is 1. The molecular weight excluding hydrogens is 306 g/mol. The van der Waals surface area contributed by atoms with Crippen molar-refractivity contribution in [1.82, 2.24) is 4.90 Å². The molecule has 0 radical (unpaired) electrons. The van der Waals surface area contributed by atoms with Crippen molar-refractivity contribution in [2.24, 2.45) is 0 Å². The van der Waals surface area contributed by atoms with Crippen LogP contribution < -0.4 is 5.32 Å². The second kappa shape index (κ2) is 7.12. The molecule has 0 aromatic heterocycles. The van der Waals surface area contributed by atoms with E-state index in [9.17, 15) is 14.9 Å². The Balaban J connectivity index is 1.67. The first kappa shape index (κ1) is 16.0. The van der Waals surface area contributed by atoms with E-state index in [4.69, 9.17) is 0 Å². The smallest absolute Gasteiger partial charge is 0.321 e. The molecule has 0 bridgehead atoms. The number of anilines is 1. The zero-order chi connectivity index (χ0) is 16.9. The number of non-ortho nitro benzene ring substituents is 1. The van der Waals surface area contributed by atoms with E-state index in [0.29, 0.717) is 12.2 Å². The molecule has 0 unspecified atom stereocenters. The van der Waals surface area contributed by atoms with Gasteiger partial charge in [-0.2, -0.15) is 0 Å². The van der Waals surface area contributed by atoms with Gasteiger partial charge in [-0.05, 0) is 30.9 Å². The number of carbonyl (C=O) groups excluding carboxylic acids is 1. The lowest BCUT2D eigenvalue weighted by Gasteiger charge is -2.25. The highest BCUT2D eigenvalue weighted by Gasteiger charge is 2.28. The van der Waals surface area contributed by atoms with Crippen molar-refractivity contribution in [2.75, 3.05) is 11.9 Å². The van der Waals surface area contributed by atoms with Crippen LogP contribution in [0, 0.1) is 10.1 Å². The molecule has 24 heavy (non-hydrogen) atoms. The number of carbonyl (C=O) groups is 1. The zero-order valence-corrected chi connectivity index (χ0v) is 13.2. The van der Waals surface area contributed by atoms with Crippen molar-refractivity contribution in [3.05, 3.63) is 70.3 Å². The van der Waals surface area contributed by atoms with Crippen molar-refractivity contribution >= 4 is 17.4 Å². The molecule has 1 atom stereocenters. The summed E-state index contributed by atoms with van der Waals surface area (Å²) in [5, 5.41) is 13.6. The molecule has 0 saturated carbocycles. The highest BCUT2D eigenvalue weighted by atomic mass is 16.6. The molecule has 2 aromatic carbocycles. The molecule has 0 aliphatic carbocycles. The molecule has 1 N–H and O–H groups in total. The highest BCUT2D eigenvalue weighted by molar-refractivity contribution is 5.90. The quantitative estimate of drug-likeness (QED) is 0.685. The first-order chi connectivity index (χ1) is 11.6. The molecule has 6 nitrogen and oxygen atoms in total. The lowest BCUT2D eigenvalue weighted by molar-refractivity contribution is -0.384. The summed E-state index contributed by atoms with van der Waals surface area (Å²) in [5.74, 6) is 0. The standard InChI is InChI=1S/C18H19N3O3/c22-18(19-15-8-4-9-17(13-15)21(23)24)20-11-5-10-16(20)12-14-6-2-1-3-7-14/h1-4,6-9,13,16H,5,10-12H2,(H,19,22)/t16-/m0/s1. The maximum absolute atomic E-state index is 12.5. The molecule has 124 valence electrons. The molecular formula is C18H19N3O3. The number of nitro groups is 1. The van der Waals surface area contributed by atoms with Gasteiger partial charge in [-0.3, -0.25) is 10.1 Å². The molecule has 1 aliphatic heterocycles. The topological polar surface area (TPSA) is 75.5 Å². The van der Waals surface area contributed by atoms with Crippen LogP contribution in [0.15, 0.2) is 54.6 Å². The van der Waals surface area contributed by atoms with Gasteiger partial charge in [-0.25, -0.2) is 4.79 Å². The van der Waals surface area contributed by atoms with Crippen molar-refractivity contribution in [1.29, 1.82) is 0 Å². The summed E-state index contributed by atoms with van der Waals surface area (Å²) >= 11 is 0. The third-order valence-corrected chi connectivity index (χ3v) is 4.26. The number of likely N-dealkylation sites (tertiary alicyclic amines) is 1. The van der Waals surface area contributed by atoms with Crippen LogP contribution in [-0.2, 0) is 6.42 Å². The number of hydrogen-bond acceptors (Lipinski definition) is 3. The van der Waals surface area contributed by atoms with Crippen LogP contribution in [0.3, 0.4) is 0 Å². The number of benzene rings is 2. The Hall–Kier alpha value is -2.89. The first-order valence-electron chi connectivity index (χ1n) is 7.99. The maximum Gasteiger partial charge on any atom is 0.322 e. The SMILES string of the molecule is O=C(Nc1cccc([N+](=O)[O-])c1)N1CCC[C@H]1Cc1ccccc1. The Morgan fingerprint density at radius 2 is 2.00 bits per heavy atom. The minimum atomic E-state index is -0.469. The van der Waals surface area contributed by atoms with Crippen LogP contribution in [0.5, 0.6) is 0 Å². The van der Waals surface area contributed by atoms with Crippen LogP contribution in [-0.4, -0.2) is 28.4 Å². The van der Waals surface area contributed by atoms with E-state index in [0.717, 1.165) is 19.3 Å². The molecule has 3 rings (SSSR count). The molecule has 2 amide bonds. The molecule has 1 saturated heterocycles. The molecule has 1 fully saturated rings. The van der Waals surface area contributed by atoms with Crippen molar-refractivity contribution in [3.8, 4) is 0 Å². The Labute approximate surface area is 140 Å². The Morgan fingerprint density at radius 3 is 2.75 bits per heavy atom. The number of amides is 2. The Kier molecular flexibility index (Phi) is 4.74. The van der Waals surface area contributed by atoms with Crippen molar-refractivity contribution in [2.45, 2.75) is 25.3 Å². The number of nitro benzene ring substituents is 1. The third kappa shape index (κ3) is 3.71. The highest BCUT2D eigenvalue weighted by Crippen LogP contribution is 2.23. The largest absolute Gasteiger partial charge is 0.322 e. The average Bonchev–Trinajstić information content (AvgIpc) is 3.04. The zero-order valence-electron chi connectivity index (χ0n) is 13.2. The van der Waals surface area contributed by atoms with E-state index in [1.165, 1.54) is 17.7 Å². The average molecular weight is 325 g/mol. The second-order valence-electron chi connectivity index (χ2n) is 5.92. The number of nitrogens with zero attached hydrogens (tertiary/aromatic N) is 2. The summed E-state index contributed by atoms with van der Waals surface area (Å²) in [4.78, 5) is 24.7. The first-order valence-corrected chi connectivity index (χ1v) is 7.99. The van der Waals surface area contributed by atoms with Gasteiger partial charge in [-0.1, -0.05) is 36.4 Å². The predicted molar refractivity (Wildman–Crippen MR) is 92.0 cm³/mol. The van der Waals surface area contributed by atoms with Gasteiger partial charge < -0.3 is 10.2 Å². The van der Waals surface area contributed by atoms with Gasteiger partial charge >= 0.3 is 6.03 Å².